The van der Waals surface area contributed by atoms with Crippen molar-refractivity contribution >= 4 is 40.9 Å². The maximum Gasteiger partial charge on any atom is 0.407 e. The van der Waals surface area contributed by atoms with Crippen molar-refractivity contribution in [2.45, 2.75) is 37.3 Å². The van der Waals surface area contributed by atoms with Gasteiger partial charge in [-0.15, -0.1) is 0 Å². The average molecular weight is 594 g/mol. The fourth-order valence-corrected chi connectivity index (χ4v) is 5.59. The summed E-state index contributed by atoms with van der Waals surface area (Å²) in [5, 5.41) is 6.15. The zero-order valence-electron chi connectivity index (χ0n) is 24.0. The molecule has 2 atom stereocenters. The maximum atomic E-state index is 13.6. The van der Waals surface area contributed by atoms with Gasteiger partial charge in [-0.05, 0) is 40.3 Å². The van der Waals surface area contributed by atoms with E-state index in [2.05, 4.69) is 20.4 Å². The van der Waals surface area contributed by atoms with Crippen LogP contribution in [-0.4, -0.2) is 65.5 Å². The third kappa shape index (κ3) is 6.58. The van der Waals surface area contributed by atoms with Gasteiger partial charge in [0.15, 0.2) is 0 Å². The Hall–Kier alpha value is -5.54. The third-order valence-electron chi connectivity index (χ3n) is 7.73. The minimum Gasteiger partial charge on any atom is -0.467 e. The molecule has 1 aliphatic rings. The lowest BCUT2D eigenvalue weighted by molar-refractivity contribution is -0.145. The minimum absolute atomic E-state index is 0.0561. The van der Waals surface area contributed by atoms with Crippen LogP contribution in [-0.2, 0) is 30.3 Å². The fraction of sp³-hybridized carbons (Fsp3) is 0.242. The molecule has 1 heterocycles. The number of aromatic nitrogens is 1. The molecule has 44 heavy (non-hydrogen) atoms. The molecule has 4 aromatic rings. The molecule has 11 nitrogen and oxygen atoms in total. The molecule has 0 unspecified atom stereocenters. The predicted octanol–water partition coefficient (Wildman–Crippen LogP) is 3.93. The van der Waals surface area contributed by atoms with Crippen LogP contribution in [0.5, 0.6) is 0 Å². The number of Topliss-reactive ketones (excluding diaryl/α,β-unsaturated/α-hetero) is 1. The first-order valence-corrected chi connectivity index (χ1v) is 14.1. The number of ketones is 1. The Morgan fingerprint density at radius 3 is 2.27 bits per heavy atom. The molecule has 3 aromatic carbocycles. The zero-order valence-corrected chi connectivity index (χ0v) is 24.0. The van der Waals surface area contributed by atoms with Gasteiger partial charge < -0.3 is 30.6 Å². The van der Waals surface area contributed by atoms with E-state index in [1.54, 1.807) is 6.20 Å². The number of esters is 1. The average Bonchev–Trinajstić information content (AvgIpc) is 3.60. The van der Waals surface area contributed by atoms with E-state index in [0.717, 1.165) is 45.8 Å². The fourth-order valence-electron chi connectivity index (χ4n) is 5.59. The van der Waals surface area contributed by atoms with Gasteiger partial charge in [0.2, 0.25) is 11.7 Å². The Morgan fingerprint density at radius 2 is 1.59 bits per heavy atom. The molecule has 0 spiro atoms. The number of amides is 2. The second kappa shape index (κ2) is 13.6. The Labute approximate surface area is 253 Å². The summed E-state index contributed by atoms with van der Waals surface area (Å²) in [4.78, 5) is 56.9. The van der Waals surface area contributed by atoms with Crippen LogP contribution in [0.25, 0.3) is 27.6 Å². The number of alkyl carbamates (subject to hydrolysis) is 1. The second-order valence-electron chi connectivity index (χ2n) is 10.4. The van der Waals surface area contributed by atoms with E-state index in [1.165, 1.54) is 0 Å². The summed E-state index contributed by atoms with van der Waals surface area (Å²) < 4.78 is 10.5. The Balaban J connectivity index is 1.33. The van der Waals surface area contributed by atoms with Crippen molar-refractivity contribution in [2.75, 3.05) is 13.7 Å². The molecule has 0 radical (unpaired) electrons. The van der Waals surface area contributed by atoms with E-state index in [9.17, 15) is 19.2 Å². The number of carbonyl (C=O) groups is 4. The first kappa shape index (κ1) is 29.9. The number of H-pyrrole nitrogens is 1. The number of para-hydroxylation sites is 1. The highest BCUT2D eigenvalue weighted by Crippen LogP contribution is 2.44. The summed E-state index contributed by atoms with van der Waals surface area (Å²) in [6.45, 7) is 0.0561. The first-order valence-electron chi connectivity index (χ1n) is 14.1. The van der Waals surface area contributed by atoms with Crippen molar-refractivity contribution in [2.24, 2.45) is 0 Å². The molecule has 0 saturated carbocycles. The van der Waals surface area contributed by atoms with Crippen LogP contribution in [0.15, 0.2) is 79.0 Å². The van der Waals surface area contributed by atoms with Crippen LogP contribution in [0, 0.1) is 0 Å². The summed E-state index contributed by atoms with van der Waals surface area (Å²) in [6, 6.07) is 21.2. The second-order valence-corrected chi connectivity index (χ2v) is 10.4. The van der Waals surface area contributed by atoms with Crippen molar-refractivity contribution in [1.82, 2.24) is 15.6 Å². The van der Waals surface area contributed by atoms with Gasteiger partial charge in [-0.2, -0.15) is 4.79 Å². The smallest absolute Gasteiger partial charge is 0.407 e. The Bertz CT molecular complexity index is 1710. The molecule has 2 amide bonds. The number of benzene rings is 3. The minimum atomic E-state index is -1.18. The molecule has 11 heteroatoms. The Kier molecular flexibility index (Phi) is 9.27. The highest BCUT2D eigenvalue weighted by atomic mass is 16.5. The molecule has 5 rings (SSSR count). The lowest BCUT2D eigenvalue weighted by atomic mass is 9.98. The van der Waals surface area contributed by atoms with Crippen LogP contribution < -0.4 is 10.6 Å². The highest BCUT2D eigenvalue weighted by molar-refractivity contribution is 6.25. The topological polar surface area (TPSA) is 163 Å². The number of aromatic amines is 1. The molecule has 0 aliphatic heterocycles. The zero-order chi connectivity index (χ0) is 31.1. The van der Waals surface area contributed by atoms with Gasteiger partial charge in [-0.3, -0.25) is 9.59 Å². The quantitative estimate of drug-likeness (QED) is 0.0976. The molecular weight excluding hydrogens is 562 g/mol. The van der Waals surface area contributed by atoms with Crippen molar-refractivity contribution in [3.8, 4) is 11.1 Å². The van der Waals surface area contributed by atoms with Crippen LogP contribution in [0.2, 0.25) is 0 Å². The lowest BCUT2D eigenvalue weighted by Crippen LogP contribution is -2.53. The lowest BCUT2D eigenvalue weighted by Gasteiger charge is -2.22. The molecule has 224 valence electrons. The largest absolute Gasteiger partial charge is 0.467 e. The van der Waals surface area contributed by atoms with Crippen LogP contribution in [0.1, 0.15) is 35.4 Å². The summed E-state index contributed by atoms with van der Waals surface area (Å²) in [5.74, 6) is -2.14. The van der Waals surface area contributed by atoms with Crippen molar-refractivity contribution in [3.63, 3.8) is 0 Å². The number of hydrogen-bond donors (Lipinski definition) is 3. The molecule has 0 saturated heterocycles. The molecule has 1 aromatic heterocycles. The molecule has 3 N–H and O–H groups in total. The van der Waals surface area contributed by atoms with Gasteiger partial charge >= 0.3 is 18.3 Å². The molecule has 0 bridgehead atoms. The van der Waals surface area contributed by atoms with E-state index in [-0.39, 0.29) is 31.8 Å². The van der Waals surface area contributed by atoms with Crippen molar-refractivity contribution < 1.29 is 33.4 Å². The standard InChI is InChI=1S/C33H31N5O6/c1-43-32(41)29(15-14-21(39)18-36-34)37-31(40)30(16-20-17-35-28-13-7-6-8-22(20)28)38-33(42)44-19-27-25-11-4-2-9-23(25)24-10-3-5-12-26(24)27/h2-13,17-18,27,29-30,35H,14-16,19H2,1H3,(H,37,40)(H,38,42)/t29-,30-/m0/s1. The SMILES string of the molecule is COC(=O)[C@H](CCC(=O)C=[N+]=[N-])NC(=O)[C@H](Cc1c[nH]c2ccccc12)NC(=O)OCC1c2ccccc2-c2ccccc21. The van der Waals surface area contributed by atoms with E-state index in [4.69, 9.17) is 15.0 Å². The summed E-state index contributed by atoms with van der Waals surface area (Å²) >= 11 is 0. The van der Waals surface area contributed by atoms with Crippen LogP contribution >= 0.6 is 0 Å². The van der Waals surface area contributed by atoms with Gasteiger partial charge in [0, 0.05) is 35.9 Å². The van der Waals surface area contributed by atoms with Gasteiger partial charge in [-0.1, -0.05) is 66.7 Å². The number of nitrogens with one attached hydrogen (secondary N) is 3. The van der Waals surface area contributed by atoms with E-state index in [0.29, 0.717) is 6.21 Å². The Morgan fingerprint density at radius 1 is 0.932 bits per heavy atom. The van der Waals surface area contributed by atoms with Crippen LogP contribution in [0.3, 0.4) is 0 Å². The van der Waals surface area contributed by atoms with E-state index < -0.39 is 35.8 Å². The van der Waals surface area contributed by atoms with Gasteiger partial charge in [-0.25, -0.2) is 9.59 Å². The van der Waals surface area contributed by atoms with Crippen molar-refractivity contribution in [1.29, 1.82) is 0 Å². The van der Waals surface area contributed by atoms with Gasteiger partial charge in [0.05, 0.1) is 7.11 Å². The van der Waals surface area contributed by atoms with E-state index in [1.807, 2.05) is 72.8 Å². The first-order chi connectivity index (χ1) is 21.4. The summed E-state index contributed by atoms with van der Waals surface area (Å²) in [6.07, 6.45) is 1.48. The van der Waals surface area contributed by atoms with Gasteiger partial charge in [0.1, 0.15) is 18.7 Å². The van der Waals surface area contributed by atoms with Crippen molar-refractivity contribution in [3.05, 3.63) is 101 Å². The highest BCUT2D eigenvalue weighted by Gasteiger charge is 2.31. The molecule has 1 aliphatic carbocycles. The number of fused-ring (bicyclic) bond motifs is 4. The number of rotatable bonds is 12. The predicted molar refractivity (Wildman–Crippen MR) is 162 cm³/mol. The summed E-state index contributed by atoms with van der Waals surface area (Å²) in [7, 11) is 1.16. The number of nitrogens with zero attached hydrogens (tertiary/aromatic N) is 2. The van der Waals surface area contributed by atoms with E-state index >= 15 is 0 Å². The monoisotopic (exact) mass is 593 g/mol. The molecular formula is C33H31N5O6. The van der Waals surface area contributed by atoms with Crippen LogP contribution in [0.4, 0.5) is 4.79 Å². The maximum absolute atomic E-state index is 13.6. The summed E-state index contributed by atoms with van der Waals surface area (Å²) in [5.41, 5.74) is 14.5. The van der Waals surface area contributed by atoms with Gasteiger partial charge in [0.25, 0.3) is 0 Å². The third-order valence-corrected chi connectivity index (χ3v) is 7.73. The molecule has 0 fully saturated rings. The number of ether oxygens (including phenoxy) is 2. The number of hydrogen-bond acceptors (Lipinski definition) is 6. The normalized spacial score (nSPS) is 13.1. The number of methoxy groups -OCH3 is 1. The number of carbonyl (C=O) groups excluding carboxylic acids is 4.